The van der Waals surface area contributed by atoms with Gasteiger partial charge in [0.25, 0.3) is 5.95 Å². The molecule has 3 aromatic rings. The molecule has 2 aromatic heterocycles. The van der Waals surface area contributed by atoms with Gasteiger partial charge in [0, 0.05) is 5.02 Å². The highest BCUT2D eigenvalue weighted by Crippen LogP contribution is 2.14. The van der Waals surface area contributed by atoms with Crippen molar-refractivity contribution in [2.45, 2.75) is 6.61 Å². The SMILES string of the molecule is Clc1ccc(COc2nc(Cl)nc(-n3cncn3)n2)cc1. The monoisotopic (exact) mass is 322 g/mol. The molecule has 0 aliphatic heterocycles. The van der Waals surface area contributed by atoms with Crippen molar-refractivity contribution in [2.24, 2.45) is 0 Å². The van der Waals surface area contributed by atoms with Crippen molar-refractivity contribution in [1.29, 1.82) is 0 Å². The lowest BCUT2D eigenvalue weighted by atomic mass is 10.2. The topological polar surface area (TPSA) is 78.6 Å². The Morgan fingerprint density at radius 3 is 2.57 bits per heavy atom. The van der Waals surface area contributed by atoms with E-state index in [1.54, 1.807) is 12.1 Å². The molecule has 1 aromatic carbocycles. The van der Waals surface area contributed by atoms with E-state index in [1.807, 2.05) is 12.1 Å². The Labute approximate surface area is 129 Å². The minimum absolute atomic E-state index is 0.0154. The average molecular weight is 323 g/mol. The Morgan fingerprint density at radius 1 is 1.05 bits per heavy atom. The smallest absolute Gasteiger partial charge is 0.322 e. The van der Waals surface area contributed by atoms with Crippen molar-refractivity contribution in [3.8, 4) is 12.0 Å². The summed E-state index contributed by atoms with van der Waals surface area (Å²) in [6.07, 6.45) is 2.82. The van der Waals surface area contributed by atoms with Gasteiger partial charge in [-0.05, 0) is 29.3 Å². The van der Waals surface area contributed by atoms with Crippen molar-refractivity contribution >= 4 is 23.2 Å². The fraction of sp³-hybridized carbons (Fsp3) is 0.0833. The molecular weight excluding hydrogens is 315 g/mol. The van der Waals surface area contributed by atoms with Crippen molar-refractivity contribution in [3.05, 3.63) is 52.8 Å². The van der Waals surface area contributed by atoms with E-state index >= 15 is 0 Å². The van der Waals surface area contributed by atoms with Crippen LogP contribution in [0, 0.1) is 0 Å². The first-order chi connectivity index (χ1) is 10.2. The van der Waals surface area contributed by atoms with E-state index in [2.05, 4.69) is 25.0 Å². The van der Waals surface area contributed by atoms with E-state index in [0.29, 0.717) is 5.02 Å². The summed E-state index contributed by atoms with van der Waals surface area (Å²) in [6.45, 7) is 0.286. The number of ether oxygens (including phenoxy) is 1. The highest BCUT2D eigenvalue weighted by Gasteiger charge is 2.08. The summed E-state index contributed by atoms with van der Waals surface area (Å²) in [7, 11) is 0. The Kier molecular flexibility index (Phi) is 3.94. The third kappa shape index (κ3) is 3.45. The normalized spacial score (nSPS) is 10.6. The number of benzene rings is 1. The van der Waals surface area contributed by atoms with E-state index in [4.69, 9.17) is 27.9 Å². The molecule has 0 aliphatic rings. The number of rotatable bonds is 4. The van der Waals surface area contributed by atoms with Gasteiger partial charge in [-0.15, -0.1) is 0 Å². The standard InChI is InChI=1S/C12H8Cl2N6O/c13-9-3-1-8(2-4-9)5-21-12-18-10(14)17-11(19-12)20-7-15-6-16-20/h1-4,6-7H,5H2. The number of nitrogens with zero attached hydrogens (tertiary/aromatic N) is 6. The van der Waals surface area contributed by atoms with E-state index < -0.39 is 0 Å². The zero-order valence-electron chi connectivity index (χ0n) is 10.5. The van der Waals surface area contributed by atoms with Crippen LogP contribution in [0.4, 0.5) is 0 Å². The molecule has 0 unspecified atom stereocenters. The van der Waals surface area contributed by atoms with Gasteiger partial charge < -0.3 is 4.74 Å². The van der Waals surface area contributed by atoms with E-state index in [-0.39, 0.29) is 23.8 Å². The fourth-order valence-electron chi connectivity index (χ4n) is 1.53. The molecule has 2 heterocycles. The third-order valence-corrected chi connectivity index (χ3v) is 2.90. The fourth-order valence-corrected chi connectivity index (χ4v) is 1.80. The Hall–Kier alpha value is -2.25. The van der Waals surface area contributed by atoms with Gasteiger partial charge >= 0.3 is 6.01 Å². The molecule has 0 aliphatic carbocycles. The van der Waals surface area contributed by atoms with Crippen LogP contribution in [-0.4, -0.2) is 29.7 Å². The van der Waals surface area contributed by atoms with Crippen LogP contribution in [-0.2, 0) is 6.61 Å². The molecule has 0 bridgehead atoms. The van der Waals surface area contributed by atoms with Gasteiger partial charge in [-0.1, -0.05) is 23.7 Å². The van der Waals surface area contributed by atoms with Crippen LogP contribution in [0.2, 0.25) is 10.3 Å². The predicted molar refractivity (Wildman–Crippen MR) is 75.5 cm³/mol. The summed E-state index contributed by atoms with van der Waals surface area (Å²) < 4.78 is 6.86. The maximum Gasteiger partial charge on any atom is 0.322 e. The molecule has 3 rings (SSSR count). The highest BCUT2D eigenvalue weighted by atomic mass is 35.5. The molecule has 0 radical (unpaired) electrons. The molecule has 21 heavy (non-hydrogen) atoms. The summed E-state index contributed by atoms with van der Waals surface area (Å²) in [5.41, 5.74) is 0.929. The molecule has 7 nitrogen and oxygen atoms in total. The number of hydrogen-bond acceptors (Lipinski definition) is 6. The van der Waals surface area contributed by atoms with Gasteiger partial charge in [-0.2, -0.15) is 24.7 Å². The van der Waals surface area contributed by atoms with Gasteiger partial charge in [-0.3, -0.25) is 0 Å². The van der Waals surface area contributed by atoms with Gasteiger partial charge in [0.1, 0.15) is 19.3 Å². The zero-order chi connectivity index (χ0) is 14.7. The molecule has 0 atom stereocenters. The van der Waals surface area contributed by atoms with Gasteiger partial charge in [0.05, 0.1) is 0 Å². The first-order valence-electron chi connectivity index (χ1n) is 5.84. The van der Waals surface area contributed by atoms with Gasteiger partial charge in [-0.25, -0.2) is 4.98 Å². The quantitative estimate of drug-likeness (QED) is 0.733. The van der Waals surface area contributed by atoms with Crippen molar-refractivity contribution in [3.63, 3.8) is 0 Å². The Morgan fingerprint density at radius 2 is 1.86 bits per heavy atom. The van der Waals surface area contributed by atoms with E-state index in [0.717, 1.165) is 5.56 Å². The third-order valence-electron chi connectivity index (χ3n) is 2.48. The Bertz CT molecular complexity index is 732. The maximum atomic E-state index is 5.85. The van der Waals surface area contributed by atoms with Crippen LogP contribution in [0.3, 0.4) is 0 Å². The lowest BCUT2D eigenvalue weighted by Crippen LogP contribution is -2.07. The summed E-state index contributed by atoms with van der Waals surface area (Å²) in [5.74, 6) is 0.235. The summed E-state index contributed by atoms with van der Waals surface area (Å²) in [5, 5.41) is 4.60. The summed E-state index contributed by atoms with van der Waals surface area (Å²) in [6, 6.07) is 7.37. The lowest BCUT2D eigenvalue weighted by molar-refractivity contribution is 0.279. The highest BCUT2D eigenvalue weighted by molar-refractivity contribution is 6.30. The molecule has 0 spiro atoms. The van der Waals surface area contributed by atoms with Crippen molar-refractivity contribution < 1.29 is 4.74 Å². The van der Waals surface area contributed by atoms with Crippen molar-refractivity contribution in [1.82, 2.24) is 29.7 Å². The molecule has 0 saturated heterocycles. The minimum atomic E-state index is 0.0154. The van der Waals surface area contributed by atoms with Gasteiger partial charge in [0.2, 0.25) is 5.28 Å². The first kappa shape index (κ1) is 13.7. The second-order valence-corrected chi connectivity index (χ2v) is 4.72. The predicted octanol–water partition coefficient (Wildman–Crippen LogP) is 2.34. The second-order valence-electron chi connectivity index (χ2n) is 3.94. The minimum Gasteiger partial charge on any atom is -0.458 e. The van der Waals surface area contributed by atoms with Crippen LogP contribution in [0.15, 0.2) is 36.9 Å². The zero-order valence-corrected chi connectivity index (χ0v) is 12.0. The Balaban J connectivity index is 1.78. The maximum absolute atomic E-state index is 5.85. The van der Waals surface area contributed by atoms with Crippen LogP contribution in [0.25, 0.3) is 5.95 Å². The van der Waals surface area contributed by atoms with E-state index in [1.165, 1.54) is 17.3 Å². The average Bonchev–Trinajstić information content (AvgIpc) is 3.00. The molecule has 106 valence electrons. The van der Waals surface area contributed by atoms with Crippen molar-refractivity contribution in [2.75, 3.05) is 0 Å². The molecule has 0 amide bonds. The van der Waals surface area contributed by atoms with Crippen LogP contribution in [0.1, 0.15) is 5.56 Å². The number of hydrogen-bond donors (Lipinski definition) is 0. The van der Waals surface area contributed by atoms with Crippen LogP contribution < -0.4 is 4.74 Å². The summed E-state index contributed by atoms with van der Waals surface area (Å²) in [4.78, 5) is 15.8. The molecule has 0 fully saturated rings. The van der Waals surface area contributed by atoms with Gasteiger partial charge in [0.15, 0.2) is 0 Å². The lowest BCUT2D eigenvalue weighted by Gasteiger charge is -2.06. The van der Waals surface area contributed by atoms with E-state index in [9.17, 15) is 0 Å². The largest absolute Gasteiger partial charge is 0.458 e. The number of halogens is 2. The second kappa shape index (κ2) is 6.02. The molecule has 0 N–H and O–H groups in total. The van der Waals surface area contributed by atoms with Crippen LogP contribution >= 0.6 is 23.2 Å². The first-order valence-corrected chi connectivity index (χ1v) is 6.60. The van der Waals surface area contributed by atoms with Crippen LogP contribution in [0.5, 0.6) is 6.01 Å². The summed E-state index contributed by atoms with van der Waals surface area (Å²) >= 11 is 11.7. The number of aromatic nitrogens is 6. The molecular formula is C12H8Cl2N6O. The molecule has 9 heteroatoms. The molecule has 0 saturated carbocycles.